The molecule has 86 valence electrons. The van der Waals surface area contributed by atoms with Gasteiger partial charge in [-0.1, -0.05) is 41.9 Å². The van der Waals surface area contributed by atoms with Crippen molar-refractivity contribution < 1.29 is 4.79 Å². The third-order valence-corrected chi connectivity index (χ3v) is 2.46. The van der Waals surface area contributed by atoms with Gasteiger partial charge in [-0.25, -0.2) is 4.98 Å². The second-order valence-corrected chi connectivity index (χ2v) is 3.95. The molecule has 1 heterocycles. The van der Waals surface area contributed by atoms with E-state index in [0.717, 1.165) is 11.8 Å². The molecule has 0 bridgehead atoms. The Labute approximate surface area is 104 Å². The average molecular weight is 247 g/mol. The zero-order valence-corrected chi connectivity index (χ0v) is 9.82. The van der Waals surface area contributed by atoms with Gasteiger partial charge in [0.05, 0.1) is 0 Å². The van der Waals surface area contributed by atoms with Gasteiger partial charge in [-0.2, -0.15) is 0 Å². The normalized spacial score (nSPS) is 9.94. The maximum absolute atomic E-state index is 10.7. The minimum atomic E-state index is 0.310. The summed E-state index contributed by atoms with van der Waals surface area (Å²) in [5.74, 6) is 0.600. The number of anilines is 1. The van der Waals surface area contributed by atoms with Crippen LogP contribution in [-0.4, -0.2) is 11.3 Å². The maximum Gasteiger partial charge on any atom is 0.150 e. The van der Waals surface area contributed by atoms with Crippen LogP contribution in [0.1, 0.15) is 15.9 Å². The van der Waals surface area contributed by atoms with E-state index < -0.39 is 0 Å². The zero-order valence-electron chi connectivity index (χ0n) is 9.06. The summed E-state index contributed by atoms with van der Waals surface area (Å²) in [4.78, 5) is 14.8. The van der Waals surface area contributed by atoms with Crippen LogP contribution in [0.25, 0.3) is 0 Å². The van der Waals surface area contributed by atoms with Crippen LogP contribution in [0.2, 0.25) is 5.15 Å². The van der Waals surface area contributed by atoms with Gasteiger partial charge < -0.3 is 5.32 Å². The number of nitrogens with zero attached hydrogens (tertiary/aromatic N) is 1. The van der Waals surface area contributed by atoms with Gasteiger partial charge in [0.15, 0.2) is 0 Å². The van der Waals surface area contributed by atoms with Crippen molar-refractivity contribution in [1.82, 2.24) is 4.98 Å². The Morgan fingerprint density at radius 2 is 2.00 bits per heavy atom. The predicted octanol–water partition coefficient (Wildman–Crippen LogP) is 3.16. The number of carbonyl (C=O) groups is 1. The van der Waals surface area contributed by atoms with Crippen LogP contribution < -0.4 is 5.32 Å². The summed E-state index contributed by atoms with van der Waals surface area (Å²) in [6, 6.07) is 13.1. The summed E-state index contributed by atoms with van der Waals surface area (Å²) in [5.41, 5.74) is 1.66. The summed E-state index contributed by atoms with van der Waals surface area (Å²) in [7, 11) is 0. The molecule has 2 rings (SSSR count). The number of halogens is 1. The van der Waals surface area contributed by atoms with E-state index in [-0.39, 0.29) is 0 Å². The van der Waals surface area contributed by atoms with Crippen LogP contribution in [0.5, 0.6) is 0 Å². The lowest BCUT2D eigenvalue weighted by atomic mass is 10.2. The van der Waals surface area contributed by atoms with Crippen LogP contribution in [0.3, 0.4) is 0 Å². The molecule has 0 aliphatic heterocycles. The molecule has 1 aromatic heterocycles. The number of rotatable bonds is 4. The Bertz CT molecular complexity index is 514. The molecule has 0 aliphatic carbocycles. The molecule has 0 radical (unpaired) electrons. The number of carbonyl (C=O) groups excluding carboxylic acids is 1. The van der Waals surface area contributed by atoms with Crippen molar-refractivity contribution in [2.24, 2.45) is 0 Å². The molecule has 0 unspecified atom stereocenters. The van der Waals surface area contributed by atoms with Crippen LogP contribution in [0.4, 0.5) is 5.82 Å². The van der Waals surface area contributed by atoms with Crippen molar-refractivity contribution in [3.8, 4) is 0 Å². The first kappa shape index (κ1) is 11.6. The summed E-state index contributed by atoms with van der Waals surface area (Å²) in [5, 5.41) is 3.43. The van der Waals surface area contributed by atoms with E-state index in [1.165, 1.54) is 6.07 Å². The molecule has 1 N–H and O–H groups in total. The third kappa shape index (κ3) is 3.29. The van der Waals surface area contributed by atoms with Crippen molar-refractivity contribution in [2.45, 2.75) is 6.54 Å². The minimum Gasteiger partial charge on any atom is -0.366 e. The van der Waals surface area contributed by atoms with Gasteiger partial charge in [-0.3, -0.25) is 4.79 Å². The van der Waals surface area contributed by atoms with Crippen LogP contribution in [-0.2, 0) is 6.54 Å². The first-order valence-corrected chi connectivity index (χ1v) is 5.56. The van der Waals surface area contributed by atoms with Crippen LogP contribution in [0.15, 0.2) is 42.5 Å². The second kappa shape index (κ2) is 5.46. The Hall–Kier alpha value is -1.87. The summed E-state index contributed by atoms with van der Waals surface area (Å²) >= 11 is 5.80. The molecule has 0 saturated heterocycles. The van der Waals surface area contributed by atoms with E-state index >= 15 is 0 Å². The maximum atomic E-state index is 10.7. The Kier molecular flexibility index (Phi) is 3.73. The van der Waals surface area contributed by atoms with Gasteiger partial charge in [-0.05, 0) is 17.7 Å². The van der Waals surface area contributed by atoms with Crippen molar-refractivity contribution in [3.63, 3.8) is 0 Å². The highest BCUT2D eigenvalue weighted by Gasteiger charge is 2.00. The molecule has 0 spiro atoms. The monoisotopic (exact) mass is 246 g/mol. The largest absolute Gasteiger partial charge is 0.366 e. The van der Waals surface area contributed by atoms with Gasteiger partial charge in [0, 0.05) is 12.1 Å². The van der Waals surface area contributed by atoms with Crippen molar-refractivity contribution >= 4 is 23.7 Å². The van der Waals surface area contributed by atoms with Crippen LogP contribution >= 0.6 is 11.6 Å². The smallest absolute Gasteiger partial charge is 0.150 e. The van der Waals surface area contributed by atoms with Gasteiger partial charge in [0.1, 0.15) is 17.3 Å². The summed E-state index contributed by atoms with van der Waals surface area (Å²) in [6.45, 7) is 0.645. The van der Waals surface area contributed by atoms with Gasteiger partial charge >= 0.3 is 0 Å². The lowest BCUT2D eigenvalue weighted by Gasteiger charge is -2.06. The first-order chi connectivity index (χ1) is 8.28. The second-order valence-electron chi connectivity index (χ2n) is 3.57. The fourth-order valence-electron chi connectivity index (χ4n) is 1.46. The molecule has 0 fully saturated rings. The fourth-order valence-corrected chi connectivity index (χ4v) is 1.68. The molecule has 0 amide bonds. The van der Waals surface area contributed by atoms with E-state index in [1.807, 2.05) is 30.3 Å². The molecular weight excluding hydrogens is 236 g/mol. The number of nitrogens with one attached hydrogen (secondary N) is 1. The number of aldehydes is 1. The van der Waals surface area contributed by atoms with E-state index in [2.05, 4.69) is 10.3 Å². The Morgan fingerprint density at radius 3 is 2.71 bits per heavy atom. The Morgan fingerprint density at radius 1 is 1.24 bits per heavy atom. The number of pyridine rings is 1. The topological polar surface area (TPSA) is 42.0 Å². The molecular formula is C13H11ClN2O. The van der Waals surface area contributed by atoms with Gasteiger partial charge in [-0.15, -0.1) is 0 Å². The van der Waals surface area contributed by atoms with Crippen molar-refractivity contribution in [3.05, 3.63) is 58.7 Å². The molecule has 1 aromatic carbocycles. The third-order valence-electron chi connectivity index (χ3n) is 2.27. The first-order valence-electron chi connectivity index (χ1n) is 5.18. The highest BCUT2D eigenvalue weighted by Crippen LogP contribution is 2.14. The molecule has 0 atom stereocenters. The highest BCUT2D eigenvalue weighted by atomic mass is 35.5. The SMILES string of the molecule is O=Cc1cc(Cl)nc(NCc2ccccc2)c1. The lowest BCUT2D eigenvalue weighted by molar-refractivity contribution is 0.112. The van der Waals surface area contributed by atoms with E-state index in [0.29, 0.717) is 23.1 Å². The van der Waals surface area contributed by atoms with Gasteiger partial charge in [0.25, 0.3) is 0 Å². The van der Waals surface area contributed by atoms with Crippen molar-refractivity contribution in [2.75, 3.05) is 5.32 Å². The number of aromatic nitrogens is 1. The Balaban J connectivity index is 2.09. The van der Waals surface area contributed by atoms with E-state index in [9.17, 15) is 4.79 Å². The zero-order chi connectivity index (χ0) is 12.1. The van der Waals surface area contributed by atoms with E-state index in [1.54, 1.807) is 6.07 Å². The predicted molar refractivity (Wildman–Crippen MR) is 68.4 cm³/mol. The quantitative estimate of drug-likeness (QED) is 0.666. The summed E-state index contributed by atoms with van der Waals surface area (Å²) < 4.78 is 0. The summed E-state index contributed by atoms with van der Waals surface area (Å²) in [6.07, 6.45) is 0.751. The minimum absolute atomic E-state index is 0.310. The number of benzene rings is 1. The fraction of sp³-hybridized carbons (Fsp3) is 0.0769. The molecule has 0 saturated carbocycles. The van der Waals surface area contributed by atoms with E-state index in [4.69, 9.17) is 11.6 Å². The lowest BCUT2D eigenvalue weighted by Crippen LogP contribution is -2.02. The highest BCUT2D eigenvalue weighted by molar-refractivity contribution is 6.29. The number of hydrogen-bond acceptors (Lipinski definition) is 3. The molecule has 17 heavy (non-hydrogen) atoms. The molecule has 2 aromatic rings. The molecule has 4 heteroatoms. The average Bonchev–Trinajstić information content (AvgIpc) is 2.37. The van der Waals surface area contributed by atoms with Crippen molar-refractivity contribution in [1.29, 1.82) is 0 Å². The molecule has 0 aliphatic rings. The standard InChI is InChI=1S/C13H11ClN2O/c14-12-6-11(9-17)7-13(16-12)15-8-10-4-2-1-3-5-10/h1-7,9H,8H2,(H,15,16). The molecule has 3 nitrogen and oxygen atoms in total. The van der Waals surface area contributed by atoms with Crippen LogP contribution in [0, 0.1) is 0 Å². The van der Waals surface area contributed by atoms with Gasteiger partial charge in [0.2, 0.25) is 0 Å². The number of hydrogen-bond donors (Lipinski definition) is 1.